The van der Waals surface area contributed by atoms with Crippen LogP contribution in [0.1, 0.15) is 11.1 Å². The molecule has 3 heteroatoms. The van der Waals surface area contributed by atoms with Crippen LogP contribution in [0.4, 0.5) is 0 Å². The molecule has 0 N–H and O–H groups in total. The summed E-state index contributed by atoms with van der Waals surface area (Å²) in [5.74, 6) is 0. The van der Waals surface area contributed by atoms with Gasteiger partial charge in [0, 0.05) is 27.5 Å². The van der Waals surface area contributed by atoms with Gasteiger partial charge >= 0.3 is 0 Å². The highest BCUT2D eigenvalue weighted by Gasteiger charge is 2.17. The van der Waals surface area contributed by atoms with E-state index in [1.54, 1.807) is 6.07 Å². The smallest absolute Gasteiger partial charge is 0.153 e. The van der Waals surface area contributed by atoms with Gasteiger partial charge in [-0.3, -0.25) is 0 Å². The van der Waals surface area contributed by atoms with E-state index in [0.29, 0.717) is 16.7 Å². The number of hydrogen-bond donors (Lipinski definition) is 0. The summed E-state index contributed by atoms with van der Waals surface area (Å²) in [6.07, 6.45) is 0. The molecule has 1 heterocycles. The van der Waals surface area contributed by atoms with Crippen molar-refractivity contribution in [2.24, 2.45) is 0 Å². The van der Waals surface area contributed by atoms with Crippen LogP contribution in [0.25, 0.3) is 66.4 Å². The molecule has 0 aliphatic rings. The fourth-order valence-electron chi connectivity index (χ4n) is 5.60. The molecule has 7 rings (SSSR count). The van der Waals surface area contributed by atoms with E-state index in [2.05, 4.69) is 54.6 Å². The maximum absolute atomic E-state index is 10.2. The Hall–Kier alpha value is -5.90. The first-order chi connectivity index (χ1) is 20.2. The summed E-state index contributed by atoms with van der Waals surface area (Å²) in [5.41, 5.74) is 10.5. The van der Waals surface area contributed by atoms with E-state index in [-0.39, 0.29) is 0 Å². The van der Waals surface area contributed by atoms with E-state index in [9.17, 15) is 10.5 Å². The maximum atomic E-state index is 10.2. The molecule has 0 amide bonds. The van der Waals surface area contributed by atoms with E-state index in [0.717, 1.165) is 60.9 Å². The van der Waals surface area contributed by atoms with Gasteiger partial charge in [-0.05, 0) is 46.0 Å². The van der Waals surface area contributed by atoms with Crippen LogP contribution in [0.2, 0.25) is 0 Å². The molecule has 0 aliphatic carbocycles. The van der Waals surface area contributed by atoms with Crippen molar-refractivity contribution in [2.75, 3.05) is 0 Å². The molecule has 0 fully saturated rings. The van der Waals surface area contributed by atoms with Crippen LogP contribution < -0.4 is 0 Å². The number of para-hydroxylation sites is 2. The SMILES string of the molecule is N#Cc1c(-c2ccccc2)cc(-c2ccc(-c3cccc4c3oc3c(C#N)cccc34)cc2)cc1-c1ccccc1. The van der Waals surface area contributed by atoms with E-state index >= 15 is 0 Å². The van der Waals surface area contributed by atoms with Gasteiger partial charge < -0.3 is 4.42 Å². The molecular formula is C38H22N2O. The molecule has 7 aromatic rings. The molecule has 0 unspecified atom stereocenters. The molecule has 3 nitrogen and oxygen atoms in total. The van der Waals surface area contributed by atoms with Crippen molar-refractivity contribution < 1.29 is 4.42 Å². The van der Waals surface area contributed by atoms with Gasteiger partial charge in [-0.25, -0.2) is 0 Å². The summed E-state index contributed by atoms with van der Waals surface area (Å²) in [4.78, 5) is 0. The highest BCUT2D eigenvalue weighted by Crippen LogP contribution is 2.39. The maximum Gasteiger partial charge on any atom is 0.153 e. The van der Waals surface area contributed by atoms with Gasteiger partial charge in [0.25, 0.3) is 0 Å². The van der Waals surface area contributed by atoms with Gasteiger partial charge in [-0.1, -0.05) is 115 Å². The van der Waals surface area contributed by atoms with Gasteiger partial charge in [-0.15, -0.1) is 0 Å². The second-order valence-corrected chi connectivity index (χ2v) is 9.95. The first kappa shape index (κ1) is 24.2. The lowest BCUT2D eigenvalue weighted by Crippen LogP contribution is -1.92. The lowest BCUT2D eigenvalue weighted by Gasteiger charge is -2.14. The Morgan fingerprint density at radius 2 is 0.951 bits per heavy atom. The van der Waals surface area contributed by atoms with Crippen LogP contribution in [0.5, 0.6) is 0 Å². The minimum Gasteiger partial charge on any atom is -0.454 e. The summed E-state index contributed by atoms with van der Waals surface area (Å²) in [6, 6.07) is 49.3. The predicted molar refractivity (Wildman–Crippen MR) is 165 cm³/mol. The summed E-state index contributed by atoms with van der Waals surface area (Å²) in [5, 5.41) is 21.7. The number of nitriles is 2. The van der Waals surface area contributed by atoms with Gasteiger partial charge in [0.05, 0.1) is 11.1 Å². The zero-order valence-corrected chi connectivity index (χ0v) is 22.0. The van der Waals surface area contributed by atoms with Crippen LogP contribution in [0, 0.1) is 22.7 Å². The first-order valence-corrected chi connectivity index (χ1v) is 13.4. The normalized spacial score (nSPS) is 10.9. The monoisotopic (exact) mass is 522 g/mol. The molecule has 0 saturated heterocycles. The zero-order chi connectivity index (χ0) is 27.8. The van der Waals surface area contributed by atoms with Gasteiger partial charge in [0.2, 0.25) is 0 Å². The number of furan rings is 1. The third-order valence-corrected chi connectivity index (χ3v) is 7.59. The Balaban J connectivity index is 1.37. The zero-order valence-electron chi connectivity index (χ0n) is 22.0. The van der Waals surface area contributed by atoms with E-state index < -0.39 is 0 Å². The van der Waals surface area contributed by atoms with E-state index in [1.165, 1.54) is 0 Å². The number of fused-ring (bicyclic) bond motifs is 3. The molecule has 0 spiro atoms. The average molecular weight is 523 g/mol. The molecule has 0 saturated carbocycles. The summed E-state index contributed by atoms with van der Waals surface area (Å²) < 4.78 is 6.28. The van der Waals surface area contributed by atoms with Crippen LogP contribution in [0.3, 0.4) is 0 Å². The van der Waals surface area contributed by atoms with Crippen molar-refractivity contribution in [2.45, 2.75) is 0 Å². The predicted octanol–water partition coefficient (Wildman–Crippen LogP) is 10.00. The quantitative estimate of drug-likeness (QED) is 0.231. The molecule has 41 heavy (non-hydrogen) atoms. The van der Waals surface area contributed by atoms with Crippen molar-refractivity contribution in [1.82, 2.24) is 0 Å². The van der Waals surface area contributed by atoms with Gasteiger partial charge in [-0.2, -0.15) is 10.5 Å². The third kappa shape index (κ3) is 4.14. The summed E-state index contributed by atoms with van der Waals surface area (Å²) >= 11 is 0. The van der Waals surface area contributed by atoms with Crippen molar-refractivity contribution in [3.05, 3.63) is 145 Å². The first-order valence-electron chi connectivity index (χ1n) is 13.4. The number of hydrogen-bond acceptors (Lipinski definition) is 3. The standard InChI is InChI=1S/C38H22N2O/c39-23-29-13-7-15-32-33-16-8-14-31(38(33)41-37(29)32)28-19-17-25(18-20-28)30-21-34(26-9-3-1-4-10-26)36(24-40)35(22-30)27-11-5-2-6-12-27/h1-22H. The molecule has 0 atom stereocenters. The molecule has 0 bridgehead atoms. The fraction of sp³-hybridized carbons (Fsp3) is 0. The van der Waals surface area contributed by atoms with Gasteiger partial charge in [0.1, 0.15) is 17.7 Å². The fourth-order valence-corrected chi connectivity index (χ4v) is 5.60. The number of rotatable bonds is 4. The summed E-state index contributed by atoms with van der Waals surface area (Å²) in [6.45, 7) is 0. The molecule has 190 valence electrons. The second kappa shape index (κ2) is 10.0. The van der Waals surface area contributed by atoms with E-state index in [4.69, 9.17) is 4.42 Å². The van der Waals surface area contributed by atoms with E-state index in [1.807, 2.05) is 84.9 Å². The Kier molecular flexibility index (Phi) is 5.90. The highest BCUT2D eigenvalue weighted by molar-refractivity contribution is 6.10. The molecular weight excluding hydrogens is 500 g/mol. The summed E-state index contributed by atoms with van der Waals surface area (Å²) in [7, 11) is 0. The number of nitrogens with zero attached hydrogens (tertiary/aromatic N) is 2. The lowest BCUT2D eigenvalue weighted by molar-refractivity contribution is 0.668. The Morgan fingerprint density at radius 1 is 0.415 bits per heavy atom. The van der Waals surface area contributed by atoms with Crippen molar-refractivity contribution in [1.29, 1.82) is 10.5 Å². The highest BCUT2D eigenvalue weighted by atomic mass is 16.3. The Morgan fingerprint density at radius 3 is 1.54 bits per heavy atom. The largest absolute Gasteiger partial charge is 0.454 e. The van der Waals surface area contributed by atoms with Crippen molar-refractivity contribution >= 4 is 21.9 Å². The minimum absolute atomic E-state index is 0.532. The molecule has 0 aliphatic heterocycles. The lowest BCUT2D eigenvalue weighted by atomic mass is 9.88. The molecule has 0 radical (unpaired) electrons. The van der Waals surface area contributed by atoms with Crippen molar-refractivity contribution in [3.8, 4) is 56.6 Å². The minimum atomic E-state index is 0.532. The number of benzene rings is 6. The van der Waals surface area contributed by atoms with Crippen LogP contribution in [-0.2, 0) is 0 Å². The topological polar surface area (TPSA) is 60.7 Å². The van der Waals surface area contributed by atoms with Gasteiger partial charge in [0.15, 0.2) is 5.58 Å². The second-order valence-electron chi connectivity index (χ2n) is 9.95. The third-order valence-electron chi connectivity index (χ3n) is 7.59. The van der Waals surface area contributed by atoms with Crippen LogP contribution in [-0.4, -0.2) is 0 Å². The Bertz CT molecular complexity index is 2080. The Labute approximate surface area is 237 Å². The molecule has 6 aromatic carbocycles. The van der Waals surface area contributed by atoms with Crippen LogP contribution >= 0.6 is 0 Å². The average Bonchev–Trinajstić information content (AvgIpc) is 3.44. The molecule has 1 aromatic heterocycles. The van der Waals surface area contributed by atoms with Crippen LogP contribution in [0.15, 0.2) is 138 Å². The van der Waals surface area contributed by atoms with Crippen molar-refractivity contribution in [3.63, 3.8) is 0 Å².